The van der Waals surface area contributed by atoms with E-state index in [1.165, 1.54) is 4.90 Å². The predicted octanol–water partition coefficient (Wildman–Crippen LogP) is 2.04. The van der Waals surface area contributed by atoms with Crippen LogP contribution in [0.15, 0.2) is 0 Å². The van der Waals surface area contributed by atoms with Crippen LogP contribution in [0, 0.1) is 5.41 Å². The molecule has 1 unspecified atom stereocenters. The topological polar surface area (TPSA) is 93.1 Å². The van der Waals surface area contributed by atoms with Crippen LogP contribution >= 0.6 is 0 Å². The Balaban J connectivity index is 2.90. The zero-order chi connectivity index (χ0) is 17.3. The Kier molecular flexibility index (Phi) is 4.79. The van der Waals surface area contributed by atoms with Gasteiger partial charge < -0.3 is 19.5 Å². The van der Waals surface area contributed by atoms with Crippen molar-refractivity contribution in [3.8, 4) is 0 Å². The summed E-state index contributed by atoms with van der Waals surface area (Å²) < 4.78 is 10.4. The van der Waals surface area contributed by atoms with Crippen LogP contribution in [0.2, 0.25) is 0 Å². The molecule has 0 aliphatic carbocycles. The summed E-state index contributed by atoms with van der Waals surface area (Å²) >= 11 is 0. The summed E-state index contributed by atoms with van der Waals surface area (Å²) in [6.07, 6.45) is -0.615. The summed E-state index contributed by atoms with van der Waals surface area (Å²) in [6, 6.07) is 0. The molecule has 0 radical (unpaired) electrons. The molecule has 1 rings (SSSR count). The highest BCUT2D eigenvalue weighted by molar-refractivity contribution is 6.00. The SMILES string of the molecule is CC(C)(C)OC(=O)N1CCC(C(=O)O)(C(=O)OC(C)(C)C)C1. The standard InChI is InChI=1S/C15H25NO6/c1-13(2,3)21-11(19)15(10(17)18)7-8-16(9-15)12(20)22-14(4,5)6/h7-9H2,1-6H3,(H,17,18). The first-order chi connectivity index (χ1) is 9.77. The zero-order valence-electron chi connectivity index (χ0n) is 14.1. The van der Waals surface area contributed by atoms with E-state index in [-0.39, 0.29) is 19.5 Å². The van der Waals surface area contributed by atoms with E-state index in [1.54, 1.807) is 41.5 Å². The molecule has 1 atom stereocenters. The minimum absolute atomic E-state index is 0.0104. The maximum atomic E-state index is 12.3. The summed E-state index contributed by atoms with van der Waals surface area (Å²) in [5, 5.41) is 9.48. The Morgan fingerprint density at radius 3 is 1.91 bits per heavy atom. The van der Waals surface area contributed by atoms with Crippen molar-refractivity contribution in [3.05, 3.63) is 0 Å². The highest BCUT2D eigenvalue weighted by atomic mass is 16.6. The van der Waals surface area contributed by atoms with Crippen LogP contribution in [-0.4, -0.2) is 52.3 Å². The van der Waals surface area contributed by atoms with Gasteiger partial charge in [-0.25, -0.2) is 4.79 Å². The molecule has 1 saturated heterocycles. The smallest absolute Gasteiger partial charge is 0.410 e. The van der Waals surface area contributed by atoms with Crippen molar-refractivity contribution in [1.29, 1.82) is 0 Å². The first-order valence-corrected chi connectivity index (χ1v) is 7.22. The van der Waals surface area contributed by atoms with Crippen LogP contribution in [0.3, 0.4) is 0 Å². The van der Waals surface area contributed by atoms with Gasteiger partial charge in [-0.05, 0) is 48.0 Å². The summed E-state index contributed by atoms with van der Waals surface area (Å²) in [6.45, 7) is 10.1. The molecule has 1 aliphatic rings. The van der Waals surface area contributed by atoms with Crippen molar-refractivity contribution in [2.45, 2.75) is 59.2 Å². The van der Waals surface area contributed by atoms with Gasteiger partial charge in [0.25, 0.3) is 0 Å². The van der Waals surface area contributed by atoms with E-state index in [9.17, 15) is 19.5 Å². The van der Waals surface area contributed by atoms with Gasteiger partial charge in [0.1, 0.15) is 11.2 Å². The number of carboxylic acid groups (broad SMARTS) is 1. The van der Waals surface area contributed by atoms with Crippen LogP contribution in [-0.2, 0) is 19.1 Å². The number of hydrogen-bond acceptors (Lipinski definition) is 5. The third kappa shape index (κ3) is 4.35. The maximum absolute atomic E-state index is 12.3. The third-order valence-corrected chi connectivity index (χ3v) is 3.12. The quantitative estimate of drug-likeness (QED) is 0.619. The number of rotatable bonds is 2. The molecule has 126 valence electrons. The number of likely N-dealkylation sites (tertiary alicyclic amines) is 1. The lowest BCUT2D eigenvalue weighted by Crippen LogP contribution is -2.46. The second-order valence-corrected chi connectivity index (χ2v) is 7.54. The van der Waals surface area contributed by atoms with E-state index in [0.717, 1.165) is 0 Å². The number of carboxylic acids is 1. The van der Waals surface area contributed by atoms with Gasteiger partial charge in [0, 0.05) is 6.54 Å². The monoisotopic (exact) mass is 315 g/mol. The molecule has 7 nitrogen and oxygen atoms in total. The first kappa shape index (κ1) is 18.3. The van der Waals surface area contributed by atoms with Crippen LogP contribution in [0.25, 0.3) is 0 Å². The van der Waals surface area contributed by atoms with Gasteiger partial charge in [-0.15, -0.1) is 0 Å². The molecule has 1 amide bonds. The van der Waals surface area contributed by atoms with Crippen molar-refractivity contribution >= 4 is 18.0 Å². The van der Waals surface area contributed by atoms with Gasteiger partial charge in [0.15, 0.2) is 5.41 Å². The first-order valence-electron chi connectivity index (χ1n) is 7.22. The Hall–Kier alpha value is -1.79. The van der Waals surface area contributed by atoms with Gasteiger partial charge >= 0.3 is 18.0 Å². The lowest BCUT2D eigenvalue weighted by Gasteiger charge is -2.28. The Morgan fingerprint density at radius 2 is 1.50 bits per heavy atom. The number of ether oxygens (including phenoxy) is 2. The number of amides is 1. The molecule has 22 heavy (non-hydrogen) atoms. The fourth-order valence-corrected chi connectivity index (χ4v) is 2.10. The molecule has 1 aliphatic heterocycles. The van der Waals surface area contributed by atoms with E-state index < -0.39 is 34.6 Å². The largest absolute Gasteiger partial charge is 0.480 e. The average molecular weight is 315 g/mol. The molecule has 0 aromatic rings. The van der Waals surface area contributed by atoms with Crippen molar-refractivity contribution in [1.82, 2.24) is 4.90 Å². The summed E-state index contributed by atoms with van der Waals surface area (Å²) in [5.41, 5.74) is -3.21. The molecule has 7 heteroatoms. The van der Waals surface area contributed by atoms with Crippen LogP contribution in [0.4, 0.5) is 4.79 Å². The minimum atomic E-state index is -1.73. The second-order valence-electron chi connectivity index (χ2n) is 7.54. The van der Waals surface area contributed by atoms with E-state index in [4.69, 9.17) is 9.47 Å². The number of aliphatic carboxylic acids is 1. The Labute approximate surface area is 130 Å². The number of nitrogens with zero attached hydrogens (tertiary/aromatic N) is 1. The fraction of sp³-hybridized carbons (Fsp3) is 0.800. The summed E-state index contributed by atoms with van der Waals surface area (Å²) in [4.78, 5) is 37.2. The van der Waals surface area contributed by atoms with Crippen LogP contribution in [0.1, 0.15) is 48.0 Å². The number of hydrogen-bond donors (Lipinski definition) is 1. The Morgan fingerprint density at radius 1 is 1.00 bits per heavy atom. The molecule has 0 aromatic heterocycles. The van der Waals surface area contributed by atoms with Gasteiger partial charge in [-0.1, -0.05) is 0 Å². The number of esters is 1. The predicted molar refractivity (Wildman–Crippen MR) is 78.3 cm³/mol. The molecule has 0 spiro atoms. The lowest BCUT2D eigenvalue weighted by atomic mass is 9.87. The number of carbonyl (C=O) groups excluding carboxylic acids is 2. The van der Waals surface area contributed by atoms with Crippen LogP contribution in [0.5, 0.6) is 0 Å². The molecule has 1 N–H and O–H groups in total. The maximum Gasteiger partial charge on any atom is 0.410 e. The minimum Gasteiger partial charge on any atom is -0.480 e. The lowest BCUT2D eigenvalue weighted by molar-refractivity contribution is -0.175. The fourth-order valence-electron chi connectivity index (χ4n) is 2.10. The molecular weight excluding hydrogens is 290 g/mol. The zero-order valence-corrected chi connectivity index (χ0v) is 14.1. The highest BCUT2D eigenvalue weighted by Crippen LogP contribution is 2.34. The molecule has 0 bridgehead atoms. The summed E-state index contributed by atoms with van der Waals surface area (Å²) in [5.74, 6) is -2.11. The van der Waals surface area contributed by atoms with E-state index in [2.05, 4.69) is 0 Å². The molecule has 0 saturated carbocycles. The van der Waals surface area contributed by atoms with Crippen molar-refractivity contribution in [2.24, 2.45) is 5.41 Å². The third-order valence-electron chi connectivity index (χ3n) is 3.12. The Bertz CT molecular complexity index is 473. The van der Waals surface area contributed by atoms with Crippen molar-refractivity contribution < 1.29 is 29.0 Å². The van der Waals surface area contributed by atoms with E-state index >= 15 is 0 Å². The van der Waals surface area contributed by atoms with Gasteiger partial charge in [-0.2, -0.15) is 0 Å². The van der Waals surface area contributed by atoms with E-state index in [1.807, 2.05) is 0 Å². The molecule has 1 heterocycles. The number of carbonyl (C=O) groups is 3. The van der Waals surface area contributed by atoms with Crippen molar-refractivity contribution in [2.75, 3.05) is 13.1 Å². The highest BCUT2D eigenvalue weighted by Gasteiger charge is 2.55. The van der Waals surface area contributed by atoms with E-state index in [0.29, 0.717) is 0 Å². The molecule has 0 aromatic carbocycles. The molecule has 1 fully saturated rings. The van der Waals surface area contributed by atoms with Gasteiger partial charge in [-0.3, -0.25) is 9.59 Å². The normalized spacial score (nSPS) is 22.4. The van der Waals surface area contributed by atoms with Gasteiger partial charge in [0.2, 0.25) is 0 Å². The van der Waals surface area contributed by atoms with Crippen molar-refractivity contribution in [3.63, 3.8) is 0 Å². The van der Waals surface area contributed by atoms with Gasteiger partial charge in [0.05, 0.1) is 6.54 Å². The summed E-state index contributed by atoms with van der Waals surface area (Å²) in [7, 11) is 0. The average Bonchev–Trinajstić information content (AvgIpc) is 2.69. The van der Waals surface area contributed by atoms with Crippen LogP contribution < -0.4 is 0 Å². The molecular formula is C15H25NO6. The second kappa shape index (κ2) is 5.78.